The summed E-state index contributed by atoms with van der Waals surface area (Å²) in [5, 5.41) is 6.14. The second kappa shape index (κ2) is 5.67. The van der Waals surface area contributed by atoms with Gasteiger partial charge in [0.1, 0.15) is 5.75 Å². The van der Waals surface area contributed by atoms with Crippen LogP contribution in [0.15, 0.2) is 35.2 Å². The number of carbonyl (C=O) groups is 1. The number of nitrogens with zero attached hydrogens (tertiary/aromatic N) is 2. The molecule has 0 unspecified atom stereocenters. The van der Waals surface area contributed by atoms with E-state index < -0.39 is 0 Å². The number of rotatable bonds is 5. The molecule has 1 heterocycles. The number of carbonyl (C=O) groups excluding carboxylic acids is 1. The lowest BCUT2D eigenvalue weighted by Crippen LogP contribution is -2.28. The lowest BCUT2D eigenvalue weighted by molar-refractivity contribution is -0.123. The maximum absolute atomic E-state index is 11.5. The van der Waals surface area contributed by atoms with Gasteiger partial charge < -0.3 is 20.3 Å². The van der Waals surface area contributed by atoms with E-state index in [1.54, 1.807) is 24.3 Å². The van der Waals surface area contributed by atoms with Crippen LogP contribution < -0.4 is 15.8 Å². The van der Waals surface area contributed by atoms with Crippen LogP contribution >= 0.6 is 0 Å². The SMILES string of the molecule is Nc1ccccc1OCC(=O)NCc1ncon1. The highest BCUT2D eigenvalue weighted by atomic mass is 16.5. The van der Waals surface area contributed by atoms with Gasteiger partial charge in [0.25, 0.3) is 5.91 Å². The van der Waals surface area contributed by atoms with Gasteiger partial charge in [-0.05, 0) is 12.1 Å². The summed E-state index contributed by atoms with van der Waals surface area (Å²) >= 11 is 0. The summed E-state index contributed by atoms with van der Waals surface area (Å²) in [5.74, 6) is 0.595. The minimum absolute atomic E-state index is 0.119. The van der Waals surface area contributed by atoms with Crippen molar-refractivity contribution in [3.63, 3.8) is 0 Å². The molecule has 7 heteroatoms. The fraction of sp³-hybridized carbons (Fsp3) is 0.182. The Morgan fingerprint density at radius 2 is 2.28 bits per heavy atom. The smallest absolute Gasteiger partial charge is 0.258 e. The highest BCUT2D eigenvalue weighted by molar-refractivity contribution is 5.77. The van der Waals surface area contributed by atoms with E-state index in [2.05, 4.69) is 20.0 Å². The molecule has 2 aromatic rings. The summed E-state index contributed by atoms with van der Waals surface area (Å²) in [6, 6.07) is 6.97. The van der Waals surface area contributed by atoms with E-state index in [4.69, 9.17) is 10.5 Å². The number of nitrogens with two attached hydrogens (primary N) is 1. The van der Waals surface area contributed by atoms with Crippen molar-refractivity contribution in [2.24, 2.45) is 0 Å². The topological polar surface area (TPSA) is 103 Å². The average Bonchev–Trinajstić information content (AvgIpc) is 2.88. The number of anilines is 1. The van der Waals surface area contributed by atoms with Gasteiger partial charge >= 0.3 is 0 Å². The van der Waals surface area contributed by atoms with Crippen LogP contribution in [0.5, 0.6) is 5.75 Å². The van der Waals surface area contributed by atoms with E-state index in [0.717, 1.165) is 0 Å². The van der Waals surface area contributed by atoms with Crippen molar-refractivity contribution < 1.29 is 14.1 Å². The number of amides is 1. The van der Waals surface area contributed by atoms with Crippen LogP contribution in [0.1, 0.15) is 5.82 Å². The molecule has 0 saturated carbocycles. The molecule has 0 aliphatic heterocycles. The molecule has 0 saturated heterocycles. The van der Waals surface area contributed by atoms with Crippen molar-refractivity contribution in [2.45, 2.75) is 6.54 Å². The molecule has 0 fully saturated rings. The molecule has 18 heavy (non-hydrogen) atoms. The fourth-order valence-corrected chi connectivity index (χ4v) is 1.25. The summed E-state index contributed by atoms with van der Waals surface area (Å²) < 4.78 is 9.80. The number of benzene rings is 1. The van der Waals surface area contributed by atoms with E-state index in [1.165, 1.54) is 6.39 Å². The van der Waals surface area contributed by atoms with Crippen molar-refractivity contribution >= 4 is 11.6 Å². The number of hydrogen-bond donors (Lipinski definition) is 2. The first-order valence-corrected chi connectivity index (χ1v) is 5.25. The molecular formula is C11H12N4O3. The molecule has 2 rings (SSSR count). The normalized spacial score (nSPS) is 10.0. The summed E-state index contributed by atoms with van der Waals surface area (Å²) in [7, 11) is 0. The number of nitrogens with one attached hydrogen (secondary N) is 1. The monoisotopic (exact) mass is 248 g/mol. The van der Waals surface area contributed by atoms with Crippen LogP contribution in [0.4, 0.5) is 5.69 Å². The Morgan fingerprint density at radius 3 is 3.00 bits per heavy atom. The molecule has 0 bridgehead atoms. The predicted molar refractivity (Wildman–Crippen MR) is 62.5 cm³/mol. The number of para-hydroxylation sites is 2. The predicted octanol–water partition coefficient (Wildman–Crippen LogP) is 0.347. The summed E-state index contributed by atoms with van der Waals surface area (Å²) in [5.41, 5.74) is 6.16. The third-order valence-electron chi connectivity index (χ3n) is 2.13. The van der Waals surface area contributed by atoms with Crippen LogP contribution in [-0.4, -0.2) is 22.7 Å². The summed E-state index contributed by atoms with van der Waals surface area (Å²) in [6.07, 6.45) is 1.20. The molecule has 1 aromatic carbocycles. The first kappa shape index (κ1) is 11.9. The molecule has 94 valence electrons. The number of nitrogen functional groups attached to an aromatic ring is 1. The minimum Gasteiger partial charge on any atom is -0.482 e. The summed E-state index contributed by atoms with van der Waals surface area (Å²) in [6.45, 7) is 0.0784. The standard InChI is InChI=1S/C11H12N4O3/c12-8-3-1-2-4-9(8)17-6-11(16)13-5-10-14-7-18-15-10/h1-4,7H,5-6,12H2,(H,13,16). The van der Waals surface area contributed by atoms with Gasteiger partial charge in [-0.2, -0.15) is 4.98 Å². The summed E-state index contributed by atoms with van der Waals surface area (Å²) in [4.78, 5) is 15.2. The van der Waals surface area contributed by atoms with Crippen LogP contribution in [0, 0.1) is 0 Å². The van der Waals surface area contributed by atoms with Crippen molar-refractivity contribution in [1.29, 1.82) is 0 Å². The second-order valence-corrected chi connectivity index (χ2v) is 3.45. The molecule has 1 amide bonds. The molecule has 0 radical (unpaired) electrons. The number of hydrogen-bond acceptors (Lipinski definition) is 6. The number of aromatic nitrogens is 2. The quantitative estimate of drug-likeness (QED) is 0.740. The van der Waals surface area contributed by atoms with Gasteiger partial charge in [-0.1, -0.05) is 17.3 Å². The molecule has 0 atom stereocenters. The minimum atomic E-state index is -0.289. The van der Waals surface area contributed by atoms with Gasteiger partial charge in [0.15, 0.2) is 12.4 Å². The zero-order chi connectivity index (χ0) is 12.8. The van der Waals surface area contributed by atoms with Gasteiger partial charge in [-0.15, -0.1) is 0 Å². The molecule has 3 N–H and O–H groups in total. The maximum atomic E-state index is 11.5. The molecular weight excluding hydrogens is 236 g/mol. The van der Waals surface area contributed by atoms with Gasteiger partial charge in [-0.3, -0.25) is 4.79 Å². The van der Waals surface area contributed by atoms with E-state index >= 15 is 0 Å². The highest BCUT2D eigenvalue weighted by Crippen LogP contribution is 2.19. The van der Waals surface area contributed by atoms with E-state index in [-0.39, 0.29) is 19.1 Å². The second-order valence-electron chi connectivity index (χ2n) is 3.45. The Hall–Kier alpha value is -2.57. The van der Waals surface area contributed by atoms with Gasteiger partial charge in [0.05, 0.1) is 12.2 Å². The highest BCUT2D eigenvalue weighted by Gasteiger charge is 2.06. The molecule has 1 aromatic heterocycles. The van der Waals surface area contributed by atoms with E-state index in [0.29, 0.717) is 17.3 Å². The lowest BCUT2D eigenvalue weighted by atomic mass is 10.3. The van der Waals surface area contributed by atoms with Crippen molar-refractivity contribution in [2.75, 3.05) is 12.3 Å². The zero-order valence-electron chi connectivity index (χ0n) is 9.50. The molecule has 0 spiro atoms. The Bertz CT molecular complexity index is 513. The number of ether oxygens (including phenoxy) is 1. The van der Waals surface area contributed by atoms with Crippen LogP contribution in [0.25, 0.3) is 0 Å². The lowest BCUT2D eigenvalue weighted by Gasteiger charge is -2.08. The molecule has 7 nitrogen and oxygen atoms in total. The van der Waals surface area contributed by atoms with Crippen molar-refractivity contribution in [3.05, 3.63) is 36.5 Å². The van der Waals surface area contributed by atoms with Gasteiger partial charge in [0, 0.05) is 0 Å². The first-order chi connectivity index (χ1) is 8.75. The Labute approximate surface area is 103 Å². The van der Waals surface area contributed by atoms with Crippen LogP contribution in [0.3, 0.4) is 0 Å². The molecule has 0 aliphatic rings. The molecule has 0 aliphatic carbocycles. The van der Waals surface area contributed by atoms with Crippen LogP contribution in [0.2, 0.25) is 0 Å². The first-order valence-electron chi connectivity index (χ1n) is 5.25. The average molecular weight is 248 g/mol. The van der Waals surface area contributed by atoms with Gasteiger partial charge in [-0.25, -0.2) is 0 Å². The maximum Gasteiger partial charge on any atom is 0.258 e. The largest absolute Gasteiger partial charge is 0.482 e. The zero-order valence-corrected chi connectivity index (χ0v) is 9.50. The third-order valence-corrected chi connectivity index (χ3v) is 2.13. The fourth-order valence-electron chi connectivity index (χ4n) is 1.25. The van der Waals surface area contributed by atoms with E-state index in [9.17, 15) is 4.79 Å². The van der Waals surface area contributed by atoms with Crippen molar-refractivity contribution in [3.8, 4) is 5.75 Å². The van der Waals surface area contributed by atoms with Crippen LogP contribution in [-0.2, 0) is 11.3 Å². The van der Waals surface area contributed by atoms with Crippen molar-refractivity contribution in [1.82, 2.24) is 15.5 Å². The Balaban J connectivity index is 1.77. The Morgan fingerprint density at radius 1 is 1.44 bits per heavy atom. The Kier molecular flexibility index (Phi) is 3.75. The third kappa shape index (κ3) is 3.21. The van der Waals surface area contributed by atoms with Gasteiger partial charge in [0.2, 0.25) is 6.39 Å². The van der Waals surface area contributed by atoms with E-state index in [1.807, 2.05) is 0 Å².